The molecule has 15 heteroatoms. The zero-order valence-electron chi connectivity index (χ0n) is 23.7. The highest BCUT2D eigenvalue weighted by Gasteiger charge is 2.64. The topological polar surface area (TPSA) is 131 Å². The minimum Gasteiger partial charge on any atom is -0.476 e. The summed E-state index contributed by atoms with van der Waals surface area (Å²) < 4.78 is 75.2. The second-order valence-electron chi connectivity index (χ2n) is 12.1. The Morgan fingerprint density at radius 3 is 2.65 bits per heavy atom. The average Bonchev–Trinajstić information content (AvgIpc) is 3.50. The molecule has 0 unspecified atom stereocenters. The van der Waals surface area contributed by atoms with Gasteiger partial charge in [0.1, 0.15) is 23.7 Å². The standard InChI is InChI=1S/C28H32F3N7O4S/c1-26(2)15-18-5-4-13-32-20-6-3-7-23(33-20)43(40,41)36-25(39)19-8-9-21(34-24(19)37(26)16-18)38-14-10-22(35-38)42-17-27(11-12-27)28(29,30)31/h3,6-10,14,18H,4-5,11-13,15-17H2,1-2H3,(H,32,33)(H,36,39)/t18-/m1/s1. The normalized spacial score (nSPS) is 22.4. The second-order valence-corrected chi connectivity index (χ2v) is 13.7. The summed E-state index contributed by atoms with van der Waals surface area (Å²) in [5, 5.41) is 7.14. The fourth-order valence-corrected chi connectivity index (χ4v) is 6.72. The summed E-state index contributed by atoms with van der Waals surface area (Å²) in [5.74, 6) is 0.409. The number of ether oxygens (including phenoxy) is 1. The number of fused-ring (bicyclic) bond motifs is 6. The molecule has 5 heterocycles. The molecular formula is C28H32F3N7O4S. The molecule has 3 aromatic rings. The predicted molar refractivity (Wildman–Crippen MR) is 151 cm³/mol. The molecule has 2 aliphatic heterocycles. The molecule has 0 radical (unpaired) electrons. The van der Waals surface area contributed by atoms with Crippen LogP contribution in [0.5, 0.6) is 5.88 Å². The molecule has 2 N–H and O–H groups in total. The van der Waals surface area contributed by atoms with Gasteiger partial charge < -0.3 is 15.0 Å². The predicted octanol–water partition coefficient (Wildman–Crippen LogP) is 4.31. The van der Waals surface area contributed by atoms with E-state index in [1.807, 2.05) is 18.7 Å². The number of carbonyl (C=O) groups is 1. The van der Waals surface area contributed by atoms with Gasteiger partial charge in [-0.2, -0.15) is 21.6 Å². The van der Waals surface area contributed by atoms with Crippen molar-refractivity contribution in [2.75, 3.05) is 29.9 Å². The molecule has 43 heavy (non-hydrogen) atoms. The third-order valence-electron chi connectivity index (χ3n) is 8.39. The van der Waals surface area contributed by atoms with Gasteiger partial charge in [-0.1, -0.05) is 6.07 Å². The zero-order valence-corrected chi connectivity index (χ0v) is 24.5. The van der Waals surface area contributed by atoms with E-state index in [1.54, 1.807) is 12.1 Å². The Hall–Kier alpha value is -3.88. The maximum absolute atomic E-state index is 13.5. The summed E-state index contributed by atoms with van der Waals surface area (Å²) in [4.78, 5) is 24.5. The van der Waals surface area contributed by atoms with Crippen LogP contribution in [0.1, 0.15) is 56.3 Å². The van der Waals surface area contributed by atoms with Gasteiger partial charge in [0.15, 0.2) is 10.8 Å². The highest BCUT2D eigenvalue weighted by atomic mass is 32.2. The molecule has 3 aromatic heterocycles. The van der Waals surface area contributed by atoms with Crippen molar-refractivity contribution in [2.45, 2.75) is 62.7 Å². The second kappa shape index (κ2) is 10.4. The number of alkyl halides is 3. The van der Waals surface area contributed by atoms with Crippen molar-refractivity contribution in [3.8, 4) is 11.7 Å². The average molecular weight is 620 g/mol. The first-order valence-corrected chi connectivity index (χ1v) is 15.6. The molecule has 2 fully saturated rings. The van der Waals surface area contributed by atoms with Gasteiger partial charge in [0.2, 0.25) is 5.88 Å². The summed E-state index contributed by atoms with van der Waals surface area (Å²) in [7, 11) is -4.31. The lowest BCUT2D eigenvalue weighted by Crippen LogP contribution is -2.41. The van der Waals surface area contributed by atoms with Crippen molar-refractivity contribution in [3.63, 3.8) is 0 Å². The van der Waals surface area contributed by atoms with E-state index in [-0.39, 0.29) is 40.9 Å². The van der Waals surface area contributed by atoms with Crippen LogP contribution in [0.2, 0.25) is 0 Å². The number of rotatable bonds is 4. The van der Waals surface area contributed by atoms with Gasteiger partial charge in [-0.25, -0.2) is 19.4 Å². The Bertz CT molecular complexity index is 1650. The van der Waals surface area contributed by atoms with Gasteiger partial charge >= 0.3 is 6.18 Å². The first-order valence-electron chi connectivity index (χ1n) is 14.1. The van der Waals surface area contributed by atoms with Crippen LogP contribution in [0, 0.1) is 11.3 Å². The Balaban J connectivity index is 1.34. The van der Waals surface area contributed by atoms with Crippen LogP contribution in [0.15, 0.2) is 47.6 Å². The van der Waals surface area contributed by atoms with Crippen molar-refractivity contribution >= 4 is 27.6 Å². The minimum absolute atomic E-state index is 0.0159. The van der Waals surface area contributed by atoms with E-state index >= 15 is 0 Å². The van der Waals surface area contributed by atoms with E-state index in [2.05, 4.69) is 20.1 Å². The maximum atomic E-state index is 13.5. The largest absolute Gasteiger partial charge is 0.476 e. The van der Waals surface area contributed by atoms with Crippen molar-refractivity contribution in [1.29, 1.82) is 0 Å². The van der Waals surface area contributed by atoms with Crippen LogP contribution in [0.25, 0.3) is 5.82 Å². The van der Waals surface area contributed by atoms with E-state index < -0.39 is 39.7 Å². The summed E-state index contributed by atoms with van der Waals surface area (Å²) >= 11 is 0. The van der Waals surface area contributed by atoms with Gasteiger partial charge in [-0.05, 0) is 76.1 Å². The van der Waals surface area contributed by atoms with Gasteiger partial charge in [-0.15, -0.1) is 5.10 Å². The number of carbonyl (C=O) groups excluding carboxylic acids is 1. The van der Waals surface area contributed by atoms with E-state index in [0.717, 1.165) is 19.3 Å². The summed E-state index contributed by atoms with van der Waals surface area (Å²) in [6.45, 7) is 4.77. The molecule has 6 rings (SSSR count). The van der Waals surface area contributed by atoms with Crippen molar-refractivity contribution in [2.24, 2.45) is 11.3 Å². The lowest BCUT2D eigenvalue weighted by molar-refractivity contribution is -0.194. The van der Waals surface area contributed by atoms with Gasteiger partial charge in [0.05, 0.1) is 5.56 Å². The molecule has 1 atom stereocenters. The molecule has 230 valence electrons. The molecule has 1 saturated carbocycles. The van der Waals surface area contributed by atoms with Crippen LogP contribution in [0.4, 0.5) is 24.8 Å². The van der Waals surface area contributed by atoms with Crippen molar-refractivity contribution in [1.82, 2.24) is 24.5 Å². The van der Waals surface area contributed by atoms with Crippen LogP contribution in [0.3, 0.4) is 0 Å². The number of amides is 1. The van der Waals surface area contributed by atoms with Crippen LogP contribution < -0.4 is 19.7 Å². The molecule has 3 aliphatic rings. The Morgan fingerprint density at radius 2 is 1.91 bits per heavy atom. The van der Waals surface area contributed by atoms with E-state index in [0.29, 0.717) is 24.8 Å². The van der Waals surface area contributed by atoms with Crippen molar-refractivity contribution < 1.29 is 31.1 Å². The molecule has 4 bridgehead atoms. The van der Waals surface area contributed by atoms with Crippen molar-refractivity contribution in [3.05, 3.63) is 48.2 Å². The quantitative estimate of drug-likeness (QED) is 0.439. The summed E-state index contributed by atoms with van der Waals surface area (Å²) in [5.41, 5.74) is -2.19. The first kappa shape index (κ1) is 29.2. The Kier molecular flexibility index (Phi) is 7.05. The fourth-order valence-electron chi connectivity index (χ4n) is 5.79. The lowest BCUT2D eigenvalue weighted by atomic mass is 9.93. The van der Waals surface area contributed by atoms with Gasteiger partial charge in [-0.3, -0.25) is 4.79 Å². The molecule has 1 aliphatic carbocycles. The minimum atomic E-state index is -4.34. The van der Waals surface area contributed by atoms with E-state index in [4.69, 9.17) is 9.72 Å². The number of hydrogen-bond acceptors (Lipinski definition) is 9. The summed E-state index contributed by atoms with van der Waals surface area (Å²) in [6.07, 6.45) is -0.242. The Labute approximate surface area is 246 Å². The molecule has 0 aromatic carbocycles. The monoisotopic (exact) mass is 619 g/mol. The van der Waals surface area contributed by atoms with Gasteiger partial charge in [0.25, 0.3) is 15.9 Å². The number of pyridine rings is 2. The van der Waals surface area contributed by atoms with Gasteiger partial charge in [0, 0.05) is 30.9 Å². The first-order chi connectivity index (χ1) is 20.3. The molecule has 11 nitrogen and oxygen atoms in total. The number of sulfonamides is 1. The number of nitrogens with zero attached hydrogens (tertiary/aromatic N) is 5. The SMILES string of the molecule is CC1(C)C[C@H]2CCCNc3cccc(n3)S(=O)(=O)NC(=O)c3ccc(-n4ccc(OCC5(C(F)(F)F)CC5)n4)nc3N1C2. The van der Waals surface area contributed by atoms with E-state index in [9.17, 15) is 26.4 Å². The van der Waals surface area contributed by atoms with E-state index in [1.165, 1.54) is 35.1 Å². The number of halogens is 3. The smallest absolute Gasteiger partial charge is 0.397 e. The zero-order chi connectivity index (χ0) is 30.6. The molecule has 1 amide bonds. The fraction of sp³-hybridized carbons (Fsp3) is 0.500. The molecule has 1 saturated heterocycles. The number of hydrogen-bond donors (Lipinski definition) is 2. The van der Waals surface area contributed by atoms with Crippen LogP contribution in [-0.2, 0) is 10.0 Å². The molecular weight excluding hydrogens is 587 g/mol. The highest BCUT2D eigenvalue weighted by Crippen LogP contribution is 2.57. The summed E-state index contributed by atoms with van der Waals surface area (Å²) in [6, 6.07) is 8.96. The number of nitrogens with one attached hydrogen (secondary N) is 2. The van der Waals surface area contributed by atoms with Crippen LogP contribution >= 0.6 is 0 Å². The number of anilines is 2. The Morgan fingerprint density at radius 1 is 1.12 bits per heavy atom. The lowest BCUT2D eigenvalue weighted by Gasteiger charge is -2.34. The highest BCUT2D eigenvalue weighted by molar-refractivity contribution is 7.90. The number of aromatic nitrogens is 4. The maximum Gasteiger partial charge on any atom is 0.397 e. The third kappa shape index (κ3) is 5.74. The molecule has 0 spiro atoms. The third-order valence-corrected chi connectivity index (χ3v) is 9.62. The van der Waals surface area contributed by atoms with Crippen LogP contribution in [-0.4, -0.2) is 65.5 Å².